The van der Waals surface area contributed by atoms with E-state index in [1.54, 1.807) is 6.33 Å². The second-order valence-electron chi connectivity index (χ2n) is 9.98. The van der Waals surface area contributed by atoms with Crippen LogP contribution in [0.3, 0.4) is 0 Å². The van der Waals surface area contributed by atoms with Crippen molar-refractivity contribution in [3.05, 3.63) is 90.2 Å². The molecule has 0 spiro atoms. The molecule has 0 amide bonds. The van der Waals surface area contributed by atoms with Gasteiger partial charge in [0.15, 0.2) is 5.82 Å². The summed E-state index contributed by atoms with van der Waals surface area (Å²) in [5, 5.41) is 0. The molecule has 176 valence electrons. The van der Waals surface area contributed by atoms with Crippen molar-refractivity contribution in [2.45, 2.75) is 44.4 Å². The smallest absolute Gasteiger partial charge is 0.162 e. The van der Waals surface area contributed by atoms with Gasteiger partial charge in [-0.25, -0.2) is 9.97 Å². The Labute approximate surface area is 206 Å². The summed E-state index contributed by atoms with van der Waals surface area (Å²) in [5.41, 5.74) is 9.14. The average molecular weight is 463 g/mol. The Hall–Kier alpha value is -3.80. The van der Waals surface area contributed by atoms with Crippen molar-refractivity contribution >= 4 is 28.5 Å². The monoisotopic (exact) mass is 462 g/mol. The van der Waals surface area contributed by atoms with Gasteiger partial charge in [-0.05, 0) is 36.1 Å². The number of benzene rings is 2. The molecule has 35 heavy (non-hydrogen) atoms. The molecule has 6 nitrogen and oxygen atoms in total. The van der Waals surface area contributed by atoms with E-state index in [0.29, 0.717) is 0 Å². The van der Waals surface area contributed by atoms with Gasteiger partial charge in [-0.15, -0.1) is 0 Å². The van der Waals surface area contributed by atoms with Gasteiger partial charge in [0.25, 0.3) is 0 Å². The van der Waals surface area contributed by atoms with Crippen molar-refractivity contribution in [3.8, 4) is 0 Å². The van der Waals surface area contributed by atoms with Crippen LogP contribution in [-0.2, 0) is 5.41 Å². The van der Waals surface area contributed by atoms with E-state index in [0.717, 1.165) is 24.3 Å². The number of nitrogens with zero attached hydrogens (tertiary/aromatic N) is 6. The Morgan fingerprint density at radius 2 is 1.60 bits per heavy atom. The SMILES string of the molecule is CCC1(CC)C2=C(C3N(C)C=CN3c3ccccc31)C1N(C)c3cncnc3N1c1ccccc12. The number of fused-ring (bicyclic) bond motifs is 11. The highest BCUT2D eigenvalue weighted by Crippen LogP contribution is 2.60. The van der Waals surface area contributed by atoms with E-state index >= 15 is 0 Å². The van der Waals surface area contributed by atoms with E-state index in [4.69, 9.17) is 4.98 Å². The van der Waals surface area contributed by atoms with Gasteiger partial charge in [0.1, 0.15) is 24.3 Å². The third-order valence-electron chi connectivity index (χ3n) is 8.67. The molecule has 3 aromatic rings. The van der Waals surface area contributed by atoms with Crippen LogP contribution in [0.25, 0.3) is 5.57 Å². The van der Waals surface area contributed by atoms with Gasteiger partial charge < -0.3 is 14.7 Å². The molecule has 0 aliphatic carbocycles. The second-order valence-corrected chi connectivity index (χ2v) is 9.98. The van der Waals surface area contributed by atoms with Crippen LogP contribution >= 0.6 is 0 Å². The number of anilines is 4. The summed E-state index contributed by atoms with van der Waals surface area (Å²) >= 11 is 0. The van der Waals surface area contributed by atoms with E-state index in [9.17, 15) is 0 Å². The molecule has 2 atom stereocenters. The maximum absolute atomic E-state index is 4.78. The standard InChI is InChI=1S/C29H30N6/c1-5-29(6-2)20-12-8-10-14-22(20)34-16-15-32(3)27(34)24-25(29)19-11-7-9-13-21(19)35-26-23(17-30-18-31-26)33(4)28(24)35/h7-18,27-28H,5-6H2,1-4H3. The Morgan fingerprint density at radius 3 is 2.40 bits per heavy atom. The van der Waals surface area contributed by atoms with Gasteiger partial charge in [0.2, 0.25) is 0 Å². The molecule has 1 aromatic heterocycles. The zero-order valence-corrected chi connectivity index (χ0v) is 20.7. The number of aromatic nitrogens is 2. The summed E-state index contributed by atoms with van der Waals surface area (Å²) in [6.45, 7) is 4.71. The van der Waals surface area contributed by atoms with Gasteiger partial charge in [-0.2, -0.15) is 0 Å². The van der Waals surface area contributed by atoms with Crippen LogP contribution in [0.1, 0.15) is 37.8 Å². The largest absolute Gasteiger partial charge is 0.355 e. The van der Waals surface area contributed by atoms with E-state index < -0.39 is 0 Å². The van der Waals surface area contributed by atoms with Gasteiger partial charge in [0, 0.05) is 48.7 Å². The van der Waals surface area contributed by atoms with Gasteiger partial charge in [-0.3, -0.25) is 4.90 Å². The lowest BCUT2D eigenvalue weighted by Crippen LogP contribution is -2.52. The van der Waals surface area contributed by atoms with Crippen molar-refractivity contribution in [2.75, 3.05) is 28.8 Å². The summed E-state index contributed by atoms with van der Waals surface area (Å²) in [7, 11) is 4.39. The molecule has 5 heterocycles. The summed E-state index contributed by atoms with van der Waals surface area (Å²) in [6.07, 6.45) is 10.3. The van der Waals surface area contributed by atoms with E-state index in [1.807, 2.05) is 6.20 Å². The second kappa shape index (κ2) is 7.11. The maximum atomic E-state index is 4.78. The van der Waals surface area contributed by atoms with Crippen LogP contribution in [0.5, 0.6) is 0 Å². The van der Waals surface area contributed by atoms with Crippen LogP contribution in [0.15, 0.2) is 79.0 Å². The zero-order chi connectivity index (χ0) is 23.9. The molecular weight excluding hydrogens is 432 g/mol. The number of likely N-dealkylation sites (N-methyl/N-ethyl adjacent to an activating group) is 2. The minimum Gasteiger partial charge on any atom is -0.355 e. The molecule has 0 N–H and O–H groups in total. The lowest BCUT2D eigenvalue weighted by molar-refractivity contribution is 0.384. The number of hydrogen-bond acceptors (Lipinski definition) is 6. The van der Waals surface area contributed by atoms with Crippen molar-refractivity contribution in [1.29, 1.82) is 0 Å². The van der Waals surface area contributed by atoms with Crippen LogP contribution in [0.4, 0.5) is 22.9 Å². The Kier molecular flexibility index (Phi) is 4.17. The quantitative estimate of drug-likeness (QED) is 0.502. The summed E-state index contributed by atoms with van der Waals surface area (Å²) in [5.74, 6) is 0.979. The maximum Gasteiger partial charge on any atom is 0.162 e. The zero-order valence-electron chi connectivity index (χ0n) is 20.7. The number of hydrogen-bond donors (Lipinski definition) is 0. The molecule has 4 aliphatic heterocycles. The topological polar surface area (TPSA) is 38.7 Å². The highest BCUT2D eigenvalue weighted by Gasteiger charge is 2.54. The summed E-state index contributed by atoms with van der Waals surface area (Å²) < 4.78 is 0. The summed E-state index contributed by atoms with van der Waals surface area (Å²) in [4.78, 5) is 18.8. The summed E-state index contributed by atoms with van der Waals surface area (Å²) in [6, 6.07) is 18.0. The van der Waals surface area contributed by atoms with Crippen molar-refractivity contribution in [2.24, 2.45) is 0 Å². The molecule has 0 radical (unpaired) electrons. The molecule has 0 bridgehead atoms. The molecule has 2 aromatic carbocycles. The third kappa shape index (κ3) is 2.39. The van der Waals surface area contributed by atoms with E-state index in [1.165, 1.54) is 33.6 Å². The van der Waals surface area contributed by atoms with Crippen molar-refractivity contribution in [3.63, 3.8) is 0 Å². The van der Waals surface area contributed by atoms with Crippen LogP contribution in [0, 0.1) is 0 Å². The first-order chi connectivity index (χ1) is 17.1. The lowest BCUT2D eigenvalue weighted by atomic mass is 9.65. The molecule has 7 rings (SSSR count). The fourth-order valence-corrected chi connectivity index (χ4v) is 7.08. The Bertz CT molecular complexity index is 1400. The highest BCUT2D eigenvalue weighted by atomic mass is 15.5. The van der Waals surface area contributed by atoms with E-state index in [-0.39, 0.29) is 17.7 Å². The predicted octanol–water partition coefficient (Wildman–Crippen LogP) is 5.48. The van der Waals surface area contributed by atoms with Gasteiger partial charge in [0.05, 0.1) is 11.9 Å². The number of para-hydroxylation sites is 2. The van der Waals surface area contributed by atoms with Crippen molar-refractivity contribution < 1.29 is 0 Å². The molecule has 4 aliphatic rings. The number of rotatable bonds is 2. The first-order valence-corrected chi connectivity index (χ1v) is 12.6. The lowest BCUT2D eigenvalue weighted by Gasteiger charge is -2.46. The van der Waals surface area contributed by atoms with Gasteiger partial charge in [-0.1, -0.05) is 50.2 Å². The average Bonchev–Trinajstić information content (AvgIpc) is 3.40. The molecule has 0 saturated heterocycles. The fraction of sp³-hybridized carbons (Fsp3) is 0.310. The molecule has 0 saturated carbocycles. The fourth-order valence-electron chi connectivity index (χ4n) is 7.08. The molecule has 2 unspecified atom stereocenters. The van der Waals surface area contributed by atoms with Crippen LogP contribution < -0.4 is 14.7 Å². The molecular formula is C29H30N6. The minimum atomic E-state index is -0.103. The molecule has 6 heteroatoms. The van der Waals surface area contributed by atoms with E-state index in [2.05, 4.69) is 113 Å². The Morgan fingerprint density at radius 1 is 0.857 bits per heavy atom. The van der Waals surface area contributed by atoms with Crippen molar-refractivity contribution in [1.82, 2.24) is 14.9 Å². The highest BCUT2D eigenvalue weighted by molar-refractivity contribution is 5.98. The molecule has 0 fully saturated rings. The van der Waals surface area contributed by atoms with Crippen LogP contribution in [0.2, 0.25) is 0 Å². The first kappa shape index (κ1) is 20.6. The normalized spacial score (nSPS) is 22.9. The van der Waals surface area contributed by atoms with Crippen LogP contribution in [-0.4, -0.2) is 41.3 Å². The minimum absolute atomic E-state index is 0.0215. The van der Waals surface area contributed by atoms with Gasteiger partial charge >= 0.3 is 0 Å². The predicted molar refractivity (Wildman–Crippen MR) is 142 cm³/mol. The first-order valence-electron chi connectivity index (χ1n) is 12.6. The Balaban J connectivity index is 1.64. The number of allylic oxidation sites excluding steroid dienone is 1. The third-order valence-corrected chi connectivity index (χ3v) is 8.67.